The van der Waals surface area contributed by atoms with Crippen LogP contribution < -0.4 is 10.1 Å². The third-order valence-corrected chi connectivity index (χ3v) is 5.72. The van der Waals surface area contributed by atoms with E-state index in [1.165, 1.54) is 26.2 Å². The van der Waals surface area contributed by atoms with Crippen molar-refractivity contribution in [1.29, 1.82) is 0 Å². The maximum absolute atomic E-state index is 12.3. The molecule has 2 aromatic carbocycles. The summed E-state index contributed by atoms with van der Waals surface area (Å²) in [4.78, 5) is 12.5. The van der Waals surface area contributed by atoms with Crippen molar-refractivity contribution in [1.82, 2.24) is 9.62 Å². The van der Waals surface area contributed by atoms with Crippen molar-refractivity contribution in [2.75, 3.05) is 20.7 Å². The fraction of sp³-hybridized carbons (Fsp3) is 0.316. The fourth-order valence-electron chi connectivity index (χ4n) is 2.38. The first-order chi connectivity index (χ1) is 12.3. The molecule has 0 fully saturated rings. The zero-order valence-corrected chi connectivity index (χ0v) is 16.3. The molecule has 0 unspecified atom stereocenters. The molecule has 2 rings (SSSR count). The normalized spacial score (nSPS) is 11.4. The van der Waals surface area contributed by atoms with Crippen LogP contribution in [0.3, 0.4) is 0 Å². The highest BCUT2D eigenvalue weighted by Gasteiger charge is 2.16. The Hall–Kier alpha value is -2.38. The van der Waals surface area contributed by atoms with Crippen LogP contribution in [0.25, 0.3) is 0 Å². The van der Waals surface area contributed by atoms with E-state index in [9.17, 15) is 13.2 Å². The van der Waals surface area contributed by atoms with E-state index in [2.05, 4.69) is 5.32 Å². The van der Waals surface area contributed by atoms with Gasteiger partial charge in [-0.05, 0) is 55.3 Å². The molecule has 0 aliphatic carbocycles. The lowest BCUT2D eigenvalue weighted by Crippen LogP contribution is -2.23. The summed E-state index contributed by atoms with van der Waals surface area (Å²) >= 11 is 0. The Balaban J connectivity index is 2.02. The fourth-order valence-corrected chi connectivity index (χ4v) is 3.28. The lowest BCUT2D eigenvalue weighted by atomic mass is 10.1. The number of nitrogens with zero attached hydrogens (tertiary/aromatic N) is 1. The molecule has 0 atom stereocenters. The highest BCUT2D eigenvalue weighted by atomic mass is 32.2. The number of ether oxygens (including phenoxy) is 1. The molecule has 0 heterocycles. The summed E-state index contributed by atoms with van der Waals surface area (Å²) in [6.45, 7) is 4.69. The summed E-state index contributed by atoms with van der Waals surface area (Å²) in [5.74, 6) is 0.572. The van der Waals surface area contributed by atoms with Crippen LogP contribution in [-0.4, -0.2) is 39.3 Å². The number of rotatable bonds is 7. The van der Waals surface area contributed by atoms with Crippen molar-refractivity contribution in [3.8, 4) is 5.75 Å². The highest BCUT2D eigenvalue weighted by Crippen LogP contribution is 2.19. The molecule has 1 amide bonds. The van der Waals surface area contributed by atoms with E-state index in [1.54, 1.807) is 30.3 Å². The summed E-state index contributed by atoms with van der Waals surface area (Å²) in [7, 11) is -0.471. The van der Waals surface area contributed by atoms with Crippen molar-refractivity contribution in [2.45, 2.75) is 25.3 Å². The standard InChI is InChI=1S/C19H24N2O4S/c1-5-25-18-11-8-16(12-14(18)2)19(22)20-13-15-6-9-17(10-7-15)26(23,24)21(3)4/h6-12H,5,13H2,1-4H3,(H,20,22). The van der Waals surface area contributed by atoms with Gasteiger partial charge in [0, 0.05) is 26.2 Å². The Kier molecular flexibility index (Phi) is 6.39. The summed E-state index contributed by atoms with van der Waals surface area (Å²) in [6.07, 6.45) is 0. The minimum Gasteiger partial charge on any atom is -0.494 e. The maximum atomic E-state index is 12.3. The minimum absolute atomic E-state index is 0.193. The largest absolute Gasteiger partial charge is 0.494 e. The van der Waals surface area contributed by atoms with Gasteiger partial charge in [0.25, 0.3) is 5.91 Å². The van der Waals surface area contributed by atoms with Crippen molar-refractivity contribution in [3.05, 3.63) is 59.2 Å². The molecule has 0 aliphatic rings. The number of hydrogen-bond acceptors (Lipinski definition) is 4. The zero-order valence-electron chi connectivity index (χ0n) is 15.4. The second-order valence-electron chi connectivity index (χ2n) is 6.03. The van der Waals surface area contributed by atoms with E-state index in [-0.39, 0.29) is 10.8 Å². The van der Waals surface area contributed by atoms with Crippen LogP contribution in [0.4, 0.5) is 0 Å². The van der Waals surface area contributed by atoms with Gasteiger partial charge in [-0.15, -0.1) is 0 Å². The van der Waals surface area contributed by atoms with Crippen LogP contribution in [0, 0.1) is 6.92 Å². The lowest BCUT2D eigenvalue weighted by molar-refractivity contribution is 0.0950. The third-order valence-electron chi connectivity index (χ3n) is 3.89. The molecule has 0 aromatic heterocycles. The number of carbonyl (C=O) groups is 1. The number of hydrogen-bond donors (Lipinski definition) is 1. The van der Waals surface area contributed by atoms with Crippen LogP contribution in [0.1, 0.15) is 28.4 Å². The topological polar surface area (TPSA) is 75.7 Å². The van der Waals surface area contributed by atoms with Crippen molar-refractivity contribution in [3.63, 3.8) is 0 Å². The van der Waals surface area contributed by atoms with Gasteiger partial charge in [0.1, 0.15) is 5.75 Å². The van der Waals surface area contributed by atoms with Gasteiger partial charge in [-0.2, -0.15) is 0 Å². The number of benzene rings is 2. The number of aryl methyl sites for hydroxylation is 1. The summed E-state index contributed by atoms with van der Waals surface area (Å²) in [5, 5.41) is 2.84. The van der Waals surface area contributed by atoms with E-state index in [4.69, 9.17) is 4.74 Å². The Morgan fingerprint density at radius 1 is 1.12 bits per heavy atom. The molecule has 0 spiro atoms. The monoisotopic (exact) mass is 376 g/mol. The average Bonchev–Trinajstić information content (AvgIpc) is 2.61. The van der Waals surface area contributed by atoms with Crippen molar-refractivity contribution < 1.29 is 17.9 Å². The first-order valence-electron chi connectivity index (χ1n) is 8.28. The van der Waals surface area contributed by atoms with Gasteiger partial charge >= 0.3 is 0 Å². The molecular weight excluding hydrogens is 352 g/mol. The number of sulfonamides is 1. The molecule has 0 saturated carbocycles. The quantitative estimate of drug-likeness (QED) is 0.806. The lowest BCUT2D eigenvalue weighted by Gasteiger charge is -2.12. The van der Waals surface area contributed by atoms with E-state index in [1.807, 2.05) is 13.8 Å². The molecule has 1 N–H and O–H groups in total. The van der Waals surface area contributed by atoms with Crippen LogP contribution in [0.5, 0.6) is 5.75 Å². The van der Waals surface area contributed by atoms with E-state index >= 15 is 0 Å². The number of nitrogens with one attached hydrogen (secondary N) is 1. The van der Waals surface area contributed by atoms with Gasteiger partial charge in [-0.1, -0.05) is 12.1 Å². The number of amides is 1. The van der Waals surface area contributed by atoms with Gasteiger partial charge < -0.3 is 10.1 Å². The van der Waals surface area contributed by atoms with Gasteiger partial charge in [-0.3, -0.25) is 4.79 Å². The molecular formula is C19H24N2O4S. The maximum Gasteiger partial charge on any atom is 0.251 e. The number of carbonyl (C=O) groups excluding carboxylic acids is 1. The first-order valence-corrected chi connectivity index (χ1v) is 9.73. The molecule has 0 saturated heterocycles. The second kappa shape index (κ2) is 8.33. The minimum atomic E-state index is -3.45. The van der Waals surface area contributed by atoms with Crippen molar-refractivity contribution in [2.24, 2.45) is 0 Å². The van der Waals surface area contributed by atoms with Gasteiger partial charge in [0.2, 0.25) is 10.0 Å². The molecule has 140 valence electrons. The second-order valence-corrected chi connectivity index (χ2v) is 8.18. The van der Waals surface area contributed by atoms with E-state index < -0.39 is 10.0 Å². The SMILES string of the molecule is CCOc1ccc(C(=O)NCc2ccc(S(=O)(=O)N(C)C)cc2)cc1C. The summed E-state index contributed by atoms with van der Waals surface area (Å²) < 4.78 is 30.7. The Morgan fingerprint density at radius 3 is 2.31 bits per heavy atom. The van der Waals surface area contributed by atoms with Crippen LogP contribution in [0.15, 0.2) is 47.4 Å². The predicted octanol–water partition coefficient (Wildman–Crippen LogP) is 2.57. The van der Waals surface area contributed by atoms with Gasteiger partial charge in [0.05, 0.1) is 11.5 Å². The summed E-state index contributed by atoms with van der Waals surface area (Å²) in [6, 6.07) is 11.8. The predicted molar refractivity (Wildman–Crippen MR) is 101 cm³/mol. The van der Waals surface area contributed by atoms with Crippen molar-refractivity contribution >= 4 is 15.9 Å². The van der Waals surface area contributed by atoms with E-state index in [0.29, 0.717) is 18.7 Å². The average molecular weight is 376 g/mol. The Morgan fingerprint density at radius 2 is 1.77 bits per heavy atom. The third kappa shape index (κ3) is 4.62. The summed E-state index contributed by atoms with van der Waals surface area (Å²) in [5.41, 5.74) is 2.27. The molecule has 0 bridgehead atoms. The molecule has 0 aliphatic heterocycles. The van der Waals surface area contributed by atoms with Gasteiger partial charge in [0.15, 0.2) is 0 Å². The molecule has 0 radical (unpaired) electrons. The Bertz CT molecular complexity index is 875. The molecule has 26 heavy (non-hydrogen) atoms. The van der Waals surface area contributed by atoms with Gasteiger partial charge in [-0.25, -0.2) is 12.7 Å². The highest BCUT2D eigenvalue weighted by molar-refractivity contribution is 7.89. The van der Waals surface area contributed by atoms with Crippen LogP contribution in [-0.2, 0) is 16.6 Å². The van der Waals surface area contributed by atoms with Crippen LogP contribution >= 0.6 is 0 Å². The molecule has 7 heteroatoms. The first kappa shape index (κ1) is 19.9. The Labute approximate surface area is 154 Å². The molecule has 2 aromatic rings. The molecule has 6 nitrogen and oxygen atoms in total. The smallest absolute Gasteiger partial charge is 0.251 e. The zero-order chi connectivity index (χ0) is 19.3. The van der Waals surface area contributed by atoms with E-state index in [0.717, 1.165) is 21.2 Å². The van der Waals surface area contributed by atoms with Crippen LogP contribution in [0.2, 0.25) is 0 Å².